The lowest BCUT2D eigenvalue weighted by Crippen LogP contribution is -2.31. The first-order valence-corrected chi connectivity index (χ1v) is 9.04. The number of nitrogens with one attached hydrogen (secondary N) is 1. The molecule has 6 nitrogen and oxygen atoms in total. The quantitative estimate of drug-likeness (QED) is 0.545. The molecule has 0 aliphatic carbocycles. The summed E-state index contributed by atoms with van der Waals surface area (Å²) in [5.74, 6) is 1.18. The van der Waals surface area contributed by atoms with Gasteiger partial charge in [0.05, 0.1) is 7.11 Å². The maximum atomic E-state index is 13.0. The fourth-order valence-corrected chi connectivity index (χ4v) is 3.35. The third-order valence-corrected chi connectivity index (χ3v) is 4.78. The maximum absolute atomic E-state index is 13.0. The van der Waals surface area contributed by atoms with Gasteiger partial charge in [0.2, 0.25) is 0 Å². The molecule has 1 N–H and O–H groups in total. The summed E-state index contributed by atoms with van der Waals surface area (Å²) in [6.07, 6.45) is 3.51. The van der Waals surface area contributed by atoms with Gasteiger partial charge < -0.3 is 19.0 Å². The van der Waals surface area contributed by atoms with E-state index in [0.29, 0.717) is 22.2 Å². The summed E-state index contributed by atoms with van der Waals surface area (Å²) in [6, 6.07) is 13.9. The highest BCUT2D eigenvalue weighted by molar-refractivity contribution is 6.31. The van der Waals surface area contributed by atoms with E-state index in [1.165, 1.54) is 0 Å². The number of furan rings is 1. The Balaban J connectivity index is 1.72. The Labute approximate surface area is 166 Å². The maximum Gasteiger partial charge on any atom is 0.287 e. The smallest absolute Gasteiger partial charge is 0.287 e. The monoisotopic (exact) mass is 395 g/mol. The lowest BCUT2D eigenvalue weighted by molar-refractivity contribution is 0.0915. The predicted molar refractivity (Wildman–Crippen MR) is 107 cm³/mol. The largest absolute Gasteiger partial charge is 0.496 e. The van der Waals surface area contributed by atoms with Gasteiger partial charge in [0, 0.05) is 35.4 Å². The first-order chi connectivity index (χ1) is 13.6. The van der Waals surface area contributed by atoms with Crippen LogP contribution in [0.15, 0.2) is 65.3 Å². The molecule has 4 rings (SSSR count). The number of nitrogens with zero attached hydrogens (tertiary/aromatic N) is 2. The van der Waals surface area contributed by atoms with Crippen molar-refractivity contribution >= 4 is 28.5 Å². The minimum atomic E-state index is -0.513. The third kappa shape index (κ3) is 3.34. The molecule has 1 amide bonds. The average molecular weight is 396 g/mol. The van der Waals surface area contributed by atoms with Gasteiger partial charge in [0.1, 0.15) is 23.2 Å². The van der Waals surface area contributed by atoms with E-state index in [-0.39, 0.29) is 11.7 Å². The minimum Gasteiger partial charge on any atom is -0.496 e. The van der Waals surface area contributed by atoms with Gasteiger partial charge in [-0.15, -0.1) is 0 Å². The molecule has 0 radical (unpaired) electrons. The number of rotatable bonds is 5. The number of benzene rings is 2. The fourth-order valence-electron chi connectivity index (χ4n) is 3.17. The molecule has 1 atom stereocenters. The van der Waals surface area contributed by atoms with Crippen LogP contribution in [0.2, 0.25) is 5.02 Å². The topological polar surface area (TPSA) is 69.3 Å². The SMILES string of the molecule is COc1ccccc1C(NC(=O)c1cc2cc(Cl)ccc2o1)c1nccn1C. The summed E-state index contributed by atoms with van der Waals surface area (Å²) in [6.45, 7) is 0. The van der Waals surface area contributed by atoms with Crippen LogP contribution >= 0.6 is 11.6 Å². The Morgan fingerprint density at radius 2 is 2.07 bits per heavy atom. The molecule has 28 heavy (non-hydrogen) atoms. The van der Waals surface area contributed by atoms with E-state index in [0.717, 1.165) is 10.9 Å². The van der Waals surface area contributed by atoms with Crippen molar-refractivity contribution < 1.29 is 13.9 Å². The van der Waals surface area contributed by atoms with E-state index in [2.05, 4.69) is 10.3 Å². The molecule has 7 heteroatoms. The zero-order valence-electron chi connectivity index (χ0n) is 15.3. The van der Waals surface area contributed by atoms with Gasteiger partial charge in [-0.3, -0.25) is 4.79 Å². The van der Waals surface area contributed by atoms with Crippen LogP contribution in [-0.2, 0) is 7.05 Å². The van der Waals surface area contributed by atoms with E-state index in [9.17, 15) is 4.79 Å². The molecular weight excluding hydrogens is 378 g/mol. The summed E-state index contributed by atoms with van der Waals surface area (Å²) >= 11 is 6.02. The van der Waals surface area contributed by atoms with Crippen LogP contribution in [0.1, 0.15) is 28.0 Å². The summed E-state index contributed by atoms with van der Waals surface area (Å²) in [5, 5.41) is 4.36. The second-order valence-corrected chi connectivity index (χ2v) is 6.77. The van der Waals surface area contributed by atoms with Gasteiger partial charge in [-0.1, -0.05) is 29.8 Å². The highest BCUT2D eigenvalue weighted by Crippen LogP contribution is 2.30. The normalized spacial score (nSPS) is 12.1. The molecule has 0 spiro atoms. The van der Waals surface area contributed by atoms with Crippen molar-refractivity contribution in [3.8, 4) is 5.75 Å². The Morgan fingerprint density at radius 1 is 1.25 bits per heavy atom. The van der Waals surface area contributed by atoms with E-state index in [1.54, 1.807) is 37.6 Å². The van der Waals surface area contributed by atoms with Gasteiger partial charge >= 0.3 is 0 Å². The lowest BCUT2D eigenvalue weighted by atomic mass is 10.0. The molecule has 0 saturated heterocycles. The first kappa shape index (κ1) is 18.1. The molecule has 0 fully saturated rings. The number of halogens is 1. The summed E-state index contributed by atoms with van der Waals surface area (Å²) in [5.41, 5.74) is 1.40. The van der Waals surface area contributed by atoms with Crippen molar-refractivity contribution in [3.63, 3.8) is 0 Å². The van der Waals surface area contributed by atoms with Crippen LogP contribution in [0.3, 0.4) is 0 Å². The molecule has 2 aromatic heterocycles. The van der Waals surface area contributed by atoms with Crippen molar-refractivity contribution in [2.75, 3.05) is 7.11 Å². The number of hydrogen-bond donors (Lipinski definition) is 1. The number of carbonyl (C=O) groups excluding carboxylic acids is 1. The van der Waals surface area contributed by atoms with Crippen LogP contribution in [0.25, 0.3) is 11.0 Å². The Morgan fingerprint density at radius 3 is 2.82 bits per heavy atom. The number of ether oxygens (including phenoxy) is 1. The highest BCUT2D eigenvalue weighted by atomic mass is 35.5. The zero-order valence-corrected chi connectivity index (χ0v) is 16.1. The van der Waals surface area contributed by atoms with Crippen LogP contribution < -0.4 is 10.1 Å². The molecule has 4 aromatic rings. The average Bonchev–Trinajstić information content (AvgIpc) is 3.31. The minimum absolute atomic E-state index is 0.200. The summed E-state index contributed by atoms with van der Waals surface area (Å²) < 4.78 is 13.0. The molecule has 0 aliphatic rings. The second kappa shape index (κ2) is 7.40. The molecule has 0 saturated carbocycles. The van der Waals surface area contributed by atoms with Gasteiger partial charge in [0.15, 0.2) is 5.76 Å². The number of methoxy groups -OCH3 is 1. The molecule has 1 unspecified atom stereocenters. The molecule has 0 bridgehead atoms. The summed E-state index contributed by atoms with van der Waals surface area (Å²) in [7, 11) is 3.47. The predicted octanol–water partition coefficient (Wildman–Crippen LogP) is 4.35. The van der Waals surface area contributed by atoms with E-state index >= 15 is 0 Å². The van der Waals surface area contributed by atoms with Crippen LogP contribution in [0.4, 0.5) is 0 Å². The number of fused-ring (bicyclic) bond motifs is 1. The van der Waals surface area contributed by atoms with E-state index in [1.807, 2.05) is 42.1 Å². The van der Waals surface area contributed by atoms with E-state index in [4.69, 9.17) is 20.8 Å². The lowest BCUT2D eigenvalue weighted by Gasteiger charge is -2.20. The Bertz CT molecular complexity index is 1150. The van der Waals surface area contributed by atoms with Crippen molar-refractivity contribution in [1.82, 2.24) is 14.9 Å². The van der Waals surface area contributed by atoms with Crippen molar-refractivity contribution in [1.29, 1.82) is 0 Å². The Hall–Kier alpha value is -3.25. The van der Waals surface area contributed by atoms with Crippen LogP contribution in [0.5, 0.6) is 5.75 Å². The van der Waals surface area contributed by atoms with Gasteiger partial charge in [-0.05, 0) is 30.3 Å². The highest BCUT2D eigenvalue weighted by Gasteiger charge is 2.25. The van der Waals surface area contributed by atoms with Gasteiger partial charge in [-0.2, -0.15) is 0 Å². The Kier molecular flexibility index (Phi) is 4.79. The van der Waals surface area contributed by atoms with Crippen LogP contribution in [0, 0.1) is 0 Å². The number of aryl methyl sites for hydroxylation is 1. The molecular formula is C21H18ClN3O3. The van der Waals surface area contributed by atoms with Crippen molar-refractivity contribution in [2.24, 2.45) is 7.05 Å². The first-order valence-electron chi connectivity index (χ1n) is 8.67. The molecule has 2 heterocycles. The fraction of sp³-hybridized carbons (Fsp3) is 0.143. The van der Waals surface area contributed by atoms with Crippen LogP contribution in [-0.4, -0.2) is 22.6 Å². The molecule has 2 aromatic carbocycles. The number of hydrogen-bond acceptors (Lipinski definition) is 4. The number of amides is 1. The van der Waals surface area contributed by atoms with Gasteiger partial charge in [0.25, 0.3) is 5.91 Å². The number of para-hydroxylation sites is 1. The second-order valence-electron chi connectivity index (χ2n) is 6.34. The summed E-state index contributed by atoms with van der Waals surface area (Å²) in [4.78, 5) is 17.4. The molecule has 0 aliphatic heterocycles. The number of aromatic nitrogens is 2. The van der Waals surface area contributed by atoms with Crippen molar-refractivity contribution in [3.05, 3.63) is 83.1 Å². The van der Waals surface area contributed by atoms with Crippen molar-refractivity contribution in [2.45, 2.75) is 6.04 Å². The molecule has 142 valence electrons. The van der Waals surface area contributed by atoms with Gasteiger partial charge in [-0.25, -0.2) is 4.98 Å². The standard InChI is InChI=1S/C21H18ClN3O3/c1-25-10-9-23-20(25)19(15-5-3-4-6-17(15)27-2)24-21(26)18-12-13-11-14(22)7-8-16(13)28-18/h3-12,19H,1-2H3,(H,24,26). The van der Waals surface area contributed by atoms with E-state index < -0.39 is 6.04 Å². The third-order valence-electron chi connectivity index (χ3n) is 4.54. The number of imidazole rings is 1. The zero-order chi connectivity index (χ0) is 19.7. The number of carbonyl (C=O) groups is 1.